The Balaban J connectivity index is 1.46. The van der Waals surface area contributed by atoms with Crippen molar-refractivity contribution < 1.29 is 24.5 Å². The molecule has 170 valence electrons. The van der Waals surface area contributed by atoms with Crippen molar-refractivity contribution in [2.75, 3.05) is 14.2 Å². The van der Waals surface area contributed by atoms with Gasteiger partial charge in [-0.1, -0.05) is 6.07 Å². The second-order valence-electron chi connectivity index (χ2n) is 10.2. The zero-order valence-corrected chi connectivity index (χ0v) is 18.9. The van der Waals surface area contributed by atoms with Crippen LogP contribution >= 0.6 is 0 Å². The number of carbonyl (C=O) groups is 1. The summed E-state index contributed by atoms with van der Waals surface area (Å²) in [6, 6.07) is 8.42. The average molecular weight is 437 g/mol. The average Bonchev–Trinajstić information content (AvgIpc) is 2.76. The Morgan fingerprint density at radius 2 is 1.56 bits per heavy atom. The highest BCUT2D eigenvalue weighted by atomic mass is 16.5. The van der Waals surface area contributed by atoms with Crippen molar-refractivity contribution >= 4 is 5.78 Å². The quantitative estimate of drug-likeness (QED) is 0.569. The number of hydrogen-bond donors (Lipinski definition) is 2. The number of aryl methyl sites for hydroxylation is 1. The van der Waals surface area contributed by atoms with Gasteiger partial charge in [0.1, 0.15) is 23.0 Å². The van der Waals surface area contributed by atoms with Crippen LogP contribution in [0.25, 0.3) is 0 Å². The van der Waals surface area contributed by atoms with Gasteiger partial charge in [0.15, 0.2) is 5.78 Å². The van der Waals surface area contributed by atoms with Crippen LogP contribution in [0.2, 0.25) is 0 Å². The number of hydrogen-bond acceptors (Lipinski definition) is 5. The summed E-state index contributed by atoms with van der Waals surface area (Å²) < 4.78 is 11.4. The minimum Gasteiger partial charge on any atom is -0.508 e. The smallest absolute Gasteiger partial charge is 0.166 e. The van der Waals surface area contributed by atoms with Crippen LogP contribution in [0, 0.1) is 17.8 Å². The van der Waals surface area contributed by atoms with Crippen molar-refractivity contribution in [3.05, 3.63) is 47.0 Å². The summed E-state index contributed by atoms with van der Waals surface area (Å²) in [4.78, 5) is 13.3. The number of ketones is 1. The summed E-state index contributed by atoms with van der Waals surface area (Å²) >= 11 is 0. The first-order valence-electron chi connectivity index (χ1n) is 11.7. The van der Waals surface area contributed by atoms with E-state index in [4.69, 9.17) is 9.47 Å². The van der Waals surface area contributed by atoms with Gasteiger partial charge in [0, 0.05) is 24.1 Å². The third kappa shape index (κ3) is 3.62. The molecule has 0 unspecified atom stereocenters. The molecule has 5 heteroatoms. The Morgan fingerprint density at radius 3 is 2.12 bits per heavy atom. The van der Waals surface area contributed by atoms with Crippen LogP contribution in [-0.4, -0.2) is 30.2 Å². The van der Waals surface area contributed by atoms with E-state index in [1.807, 2.05) is 12.1 Å². The highest BCUT2D eigenvalue weighted by Gasteiger charge is 2.52. The van der Waals surface area contributed by atoms with Crippen LogP contribution in [0.5, 0.6) is 23.0 Å². The number of Topliss-reactive ketones (excluding diaryl/α,β-unsaturated/α-hetero) is 1. The van der Waals surface area contributed by atoms with Crippen LogP contribution in [0.4, 0.5) is 0 Å². The normalized spacial score (nSPS) is 28.0. The van der Waals surface area contributed by atoms with Crippen LogP contribution in [0.15, 0.2) is 30.3 Å². The third-order valence-corrected chi connectivity index (χ3v) is 8.12. The van der Waals surface area contributed by atoms with E-state index in [0.717, 1.165) is 23.5 Å². The van der Waals surface area contributed by atoms with E-state index < -0.39 is 0 Å². The molecule has 0 aromatic heterocycles. The van der Waals surface area contributed by atoms with E-state index in [1.165, 1.54) is 56.2 Å². The molecule has 2 aromatic rings. The summed E-state index contributed by atoms with van der Waals surface area (Å²) in [5.74, 6) is 3.76. The largest absolute Gasteiger partial charge is 0.508 e. The van der Waals surface area contributed by atoms with Gasteiger partial charge in [-0.3, -0.25) is 4.79 Å². The van der Waals surface area contributed by atoms with E-state index in [1.54, 1.807) is 20.3 Å². The first-order chi connectivity index (χ1) is 15.4. The molecule has 0 heterocycles. The Kier molecular flexibility index (Phi) is 5.31. The maximum Gasteiger partial charge on any atom is 0.166 e. The molecule has 0 radical (unpaired) electrons. The van der Waals surface area contributed by atoms with Crippen LogP contribution in [-0.2, 0) is 11.8 Å². The molecule has 4 aliphatic rings. The van der Waals surface area contributed by atoms with Gasteiger partial charge in [-0.05, 0) is 85.8 Å². The third-order valence-electron chi connectivity index (χ3n) is 8.12. The van der Waals surface area contributed by atoms with Gasteiger partial charge in [0.25, 0.3) is 0 Å². The van der Waals surface area contributed by atoms with Crippen LogP contribution < -0.4 is 9.47 Å². The number of rotatable bonds is 7. The summed E-state index contributed by atoms with van der Waals surface area (Å²) in [6.07, 6.45) is 8.30. The number of phenolic OH excluding ortho intramolecular Hbond substituents is 2. The lowest BCUT2D eigenvalue weighted by atomic mass is 9.48. The fourth-order valence-electron chi connectivity index (χ4n) is 7.12. The van der Waals surface area contributed by atoms with E-state index in [0.29, 0.717) is 23.3 Å². The lowest BCUT2D eigenvalue weighted by molar-refractivity contribution is -0.00619. The van der Waals surface area contributed by atoms with Crippen molar-refractivity contribution in [1.29, 1.82) is 0 Å². The van der Waals surface area contributed by atoms with E-state index in [-0.39, 0.29) is 29.1 Å². The molecule has 6 rings (SSSR count). The lowest BCUT2D eigenvalue weighted by Crippen LogP contribution is -2.48. The standard InChI is InChI=1S/C27H32O5/c1-31-25-12-26(32-2)22(27-13-16-7-17(14-27)9-18(8-16)15-27)11-21(25)23(29)6-4-19-3-5-20(28)10-24(19)30/h3,5,10-12,16-18,28,30H,4,6-9,13-15H2,1-2H3. The highest BCUT2D eigenvalue weighted by molar-refractivity contribution is 5.99. The van der Waals surface area contributed by atoms with Gasteiger partial charge in [0.2, 0.25) is 0 Å². The number of carbonyl (C=O) groups excluding carboxylic acids is 1. The number of aromatic hydroxyl groups is 2. The van der Waals surface area contributed by atoms with Crippen LogP contribution in [0.3, 0.4) is 0 Å². The van der Waals surface area contributed by atoms with Crippen molar-refractivity contribution in [2.45, 2.75) is 56.8 Å². The molecule has 0 amide bonds. The second-order valence-corrected chi connectivity index (χ2v) is 10.2. The van der Waals surface area contributed by atoms with Gasteiger partial charge >= 0.3 is 0 Å². The van der Waals surface area contributed by atoms with Gasteiger partial charge in [-0.15, -0.1) is 0 Å². The summed E-state index contributed by atoms with van der Waals surface area (Å²) in [7, 11) is 3.29. The molecule has 0 spiro atoms. The molecule has 2 N–H and O–H groups in total. The molecular weight excluding hydrogens is 404 g/mol. The highest BCUT2D eigenvalue weighted by Crippen LogP contribution is 2.62. The maximum atomic E-state index is 13.3. The molecule has 4 fully saturated rings. The molecule has 4 aliphatic carbocycles. The fourth-order valence-corrected chi connectivity index (χ4v) is 7.12. The first-order valence-corrected chi connectivity index (χ1v) is 11.7. The molecule has 2 aromatic carbocycles. The van der Waals surface area contributed by atoms with Crippen molar-refractivity contribution in [3.8, 4) is 23.0 Å². The van der Waals surface area contributed by atoms with Crippen molar-refractivity contribution in [2.24, 2.45) is 17.8 Å². The summed E-state index contributed by atoms with van der Waals surface area (Å²) in [5, 5.41) is 19.6. The molecule has 0 aliphatic heterocycles. The first kappa shape index (κ1) is 21.2. The fraction of sp³-hybridized carbons (Fsp3) is 0.519. The zero-order valence-electron chi connectivity index (χ0n) is 18.9. The molecule has 32 heavy (non-hydrogen) atoms. The second kappa shape index (κ2) is 8.02. The Hall–Kier alpha value is -2.69. The number of benzene rings is 2. The number of phenols is 2. The number of ether oxygens (including phenoxy) is 2. The Bertz CT molecular complexity index is 1010. The SMILES string of the molecule is COc1cc(OC)c(C23CC4CC(CC(C4)C2)C3)cc1C(=O)CCc1ccc(O)cc1O. The van der Waals surface area contributed by atoms with Gasteiger partial charge in [-0.2, -0.15) is 0 Å². The van der Waals surface area contributed by atoms with E-state index in [9.17, 15) is 15.0 Å². The lowest BCUT2D eigenvalue weighted by Gasteiger charge is -2.57. The van der Waals surface area contributed by atoms with Gasteiger partial charge in [-0.25, -0.2) is 0 Å². The van der Waals surface area contributed by atoms with Gasteiger partial charge in [0.05, 0.1) is 19.8 Å². The topological polar surface area (TPSA) is 76.0 Å². The maximum absolute atomic E-state index is 13.3. The van der Waals surface area contributed by atoms with E-state index >= 15 is 0 Å². The van der Waals surface area contributed by atoms with Gasteiger partial charge < -0.3 is 19.7 Å². The minimum absolute atomic E-state index is 0.00810. The summed E-state index contributed by atoms with van der Waals surface area (Å²) in [6.45, 7) is 0. The van der Waals surface area contributed by atoms with E-state index in [2.05, 4.69) is 0 Å². The molecule has 4 bridgehead atoms. The molecule has 0 atom stereocenters. The zero-order chi connectivity index (χ0) is 22.5. The molecule has 0 saturated heterocycles. The minimum atomic E-state index is -0.0112. The Morgan fingerprint density at radius 1 is 0.938 bits per heavy atom. The molecule has 5 nitrogen and oxygen atoms in total. The van der Waals surface area contributed by atoms with Crippen molar-refractivity contribution in [3.63, 3.8) is 0 Å². The monoisotopic (exact) mass is 436 g/mol. The summed E-state index contributed by atoms with van der Waals surface area (Å²) in [5.41, 5.74) is 2.52. The molecule has 4 saturated carbocycles. The van der Waals surface area contributed by atoms with Crippen LogP contribution in [0.1, 0.15) is 66.4 Å². The molecular formula is C27H32O5. The number of methoxy groups -OCH3 is 2. The Labute approximate surface area is 189 Å². The predicted octanol–water partition coefficient (Wildman–Crippen LogP) is 5.40. The predicted molar refractivity (Wildman–Crippen MR) is 122 cm³/mol. The van der Waals surface area contributed by atoms with Crippen molar-refractivity contribution in [1.82, 2.24) is 0 Å².